The minimum absolute atomic E-state index is 0.0299. The molecule has 4 heterocycles. The summed E-state index contributed by atoms with van der Waals surface area (Å²) in [7, 11) is 0. The number of hydrogen-bond donors (Lipinski definition) is 1. The maximum Gasteiger partial charge on any atom is 0.276 e. The Hall–Kier alpha value is -2.67. The zero-order chi connectivity index (χ0) is 20.0. The highest BCUT2D eigenvalue weighted by Crippen LogP contribution is 2.48. The summed E-state index contributed by atoms with van der Waals surface area (Å²) in [5, 5.41) is 3.47. The number of oxazole rings is 1. The van der Waals surface area contributed by atoms with Gasteiger partial charge < -0.3 is 19.5 Å². The first kappa shape index (κ1) is 18.4. The Labute approximate surface area is 170 Å². The molecule has 2 bridgehead atoms. The van der Waals surface area contributed by atoms with Gasteiger partial charge in [0.1, 0.15) is 5.76 Å². The summed E-state index contributed by atoms with van der Waals surface area (Å²) in [5.74, 6) is 1.50. The zero-order valence-electron chi connectivity index (χ0n) is 16.6. The first-order valence-electron chi connectivity index (χ1n) is 10.4. The number of benzene rings is 1. The van der Waals surface area contributed by atoms with Crippen LogP contribution >= 0.6 is 0 Å². The van der Waals surface area contributed by atoms with Crippen LogP contribution in [-0.4, -0.2) is 65.4 Å². The fourth-order valence-electron chi connectivity index (χ4n) is 4.96. The van der Waals surface area contributed by atoms with Crippen molar-refractivity contribution in [2.75, 3.05) is 32.7 Å². The number of aromatic nitrogens is 1. The molecular weight excluding hydrogens is 368 g/mol. The molecule has 1 N–H and O–H groups in total. The normalized spacial score (nSPS) is 26.2. The molecule has 152 valence electrons. The maximum absolute atomic E-state index is 13.2. The van der Waals surface area contributed by atoms with Crippen molar-refractivity contribution in [1.82, 2.24) is 20.1 Å². The molecule has 0 spiro atoms. The second-order valence-electron chi connectivity index (χ2n) is 8.41. The van der Waals surface area contributed by atoms with E-state index in [0.29, 0.717) is 49.4 Å². The van der Waals surface area contributed by atoms with E-state index in [0.717, 1.165) is 30.7 Å². The van der Waals surface area contributed by atoms with E-state index < -0.39 is 0 Å². The Morgan fingerprint density at radius 1 is 1.14 bits per heavy atom. The predicted molar refractivity (Wildman–Crippen MR) is 107 cm³/mol. The molecule has 29 heavy (non-hydrogen) atoms. The molecule has 3 atom stereocenters. The summed E-state index contributed by atoms with van der Waals surface area (Å²) >= 11 is 0. The summed E-state index contributed by atoms with van der Waals surface area (Å²) < 4.78 is 5.66. The minimum Gasteiger partial charge on any atom is -0.447 e. The van der Waals surface area contributed by atoms with Crippen LogP contribution in [0.15, 0.2) is 35.1 Å². The lowest BCUT2D eigenvalue weighted by Gasteiger charge is -2.33. The van der Waals surface area contributed by atoms with Gasteiger partial charge in [-0.25, -0.2) is 4.98 Å². The highest BCUT2D eigenvalue weighted by Gasteiger charge is 2.50. The average molecular weight is 394 g/mol. The highest BCUT2D eigenvalue weighted by atomic mass is 16.3. The molecule has 2 aromatic rings. The van der Waals surface area contributed by atoms with Crippen LogP contribution in [0.2, 0.25) is 0 Å². The van der Waals surface area contributed by atoms with E-state index in [4.69, 9.17) is 4.42 Å². The van der Waals surface area contributed by atoms with Gasteiger partial charge in [-0.3, -0.25) is 9.59 Å². The van der Waals surface area contributed by atoms with Gasteiger partial charge in [-0.15, -0.1) is 0 Å². The molecule has 2 amide bonds. The van der Waals surface area contributed by atoms with Crippen LogP contribution in [0.25, 0.3) is 0 Å². The van der Waals surface area contributed by atoms with Gasteiger partial charge in [0.25, 0.3) is 11.8 Å². The van der Waals surface area contributed by atoms with Crippen LogP contribution in [-0.2, 0) is 0 Å². The van der Waals surface area contributed by atoms with Crippen LogP contribution in [0, 0.1) is 12.8 Å². The van der Waals surface area contributed by atoms with E-state index >= 15 is 0 Å². The smallest absolute Gasteiger partial charge is 0.276 e. The fourth-order valence-corrected chi connectivity index (χ4v) is 4.96. The van der Waals surface area contributed by atoms with Crippen molar-refractivity contribution < 1.29 is 14.0 Å². The van der Waals surface area contributed by atoms with Crippen LogP contribution in [0.3, 0.4) is 0 Å². The van der Waals surface area contributed by atoms with Crippen molar-refractivity contribution in [3.05, 3.63) is 53.2 Å². The largest absolute Gasteiger partial charge is 0.447 e. The van der Waals surface area contributed by atoms with Crippen molar-refractivity contribution >= 4 is 11.8 Å². The molecule has 7 nitrogen and oxygen atoms in total. The van der Waals surface area contributed by atoms with Crippen molar-refractivity contribution in [2.24, 2.45) is 5.92 Å². The van der Waals surface area contributed by atoms with Crippen molar-refractivity contribution in [3.63, 3.8) is 0 Å². The molecule has 1 aromatic heterocycles. The summed E-state index contributed by atoms with van der Waals surface area (Å²) in [4.78, 5) is 34.0. The van der Waals surface area contributed by atoms with E-state index in [1.807, 2.05) is 41.0 Å². The third kappa shape index (κ3) is 3.23. The Morgan fingerprint density at radius 2 is 1.93 bits per heavy atom. The number of rotatable bonds is 3. The third-order valence-corrected chi connectivity index (χ3v) is 6.58. The van der Waals surface area contributed by atoms with Crippen LogP contribution in [0.1, 0.15) is 50.9 Å². The fraction of sp³-hybridized carbons (Fsp3) is 0.500. The quantitative estimate of drug-likeness (QED) is 0.862. The Balaban J connectivity index is 1.27. The number of nitrogens with zero attached hydrogens (tertiary/aromatic N) is 3. The van der Waals surface area contributed by atoms with Gasteiger partial charge in [0, 0.05) is 43.7 Å². The SMILES string of the molecule is Cc1cccc(C(=O)N2CCCN(C(=O)c3ncoc3C3C4CNC3C4)CC2)c1. The number of amides is 2. The molecule has 3 aliphatic heterocycles. The van der Waals surface area contributed by atoms with Gasteiger partial charge in [-0.05, 0) is 44.4 Å². The van der Waals surface area contributed by atoms with Gasteiger partial charge in [0.2, 0.25) is 0 Å². The van der Waals surface area contributed by atoms with E-state index in [9.17, 15) is 9.59 Å². The molecule has 6 rings (SSSR count). The number of carbonyl (C=O) groups is 2. The molecule has 4 fully saturated rings. The molecule has 1 aliphatic carbocycles. The van der Waals surface area contributed by atoms with Crippen LogP contribution in [0.5, 0.6) is 0 Å². The lowest BCUT2D eigenvalue weighted by molar-refractivity contribution is 0.0713. The van der Waals surface area contributed by atoms with E-state index in [1.165, 1.54) is 6.39 Å². The van der Waals surface area contributed by atoms with Crippen LogP contribution < -0.4 is 5.32 Å². The van der Waals surface area contributed by atoms with Crippen molar-refractivity contribution in [3.8, 4) is 0 Å². The summed E-state index contributed by atoms with van der Waals surface area (Å²) in [5.41, 5.74) is 2.23. The topological polar surface area (TPSA) is 78.7 Å². The summed E-state index contributed by atoms with van der Waals surface area (Å²) in [6.07, 6.45) is 3.30. The van der Waals surface area contributed by atoms with Gasteiger partial charge >= 0.3 is 0 Å². The minimum atomic E-state index is -0.0788. The second-order valence-corrected chi connectivity index (χ2v) is 8.41. The maximum atomic E-state index is 13.2. The molecule has 1 aromatic carbocycles. The standard InChI is InChI=1S/C22H26N4O3/c1-14-4-2-5-15(10-14)21(27)25-6-3-7-26(9-8-25)22(28)19-20(29-13-24-19)18-16-11-17(18)23-12-16/h2,4-5,10,13,16-18,23H,3,6-9,11-12H2,1H3. The van der Waals surface area contributed by atoms with Gasteiger partial charge in [-0.1, -0.05) is 17.7 Å². The van der Waals surface area contributed by atoms with E-state index in [2.05, 4.69) is 10.3 Å². The van der Waals surface area contributed by atoms with Gasteiger partial charge in [-0.2, -0.15) is 0 Å². The Bertz CT molecular complexity index is 926. The van der Waals surface area contributed by atoms with E-state index in [1.54, 1.807) is 0 Å². The number of fused-ring (bicyclic) bond motifs is 1. The molecule has 0 radical (unpaired) electrons. The molecule has 1 saturated carbocycles. The molecule has 3 saturated heterocycles. The Morgan fingerprint density at radius 3 is 2.62 bits per heavy atom. The molecule has 7 heteroatoms. The zero-order valence-corrected chi connectivity index (χ0v) is 16.6. The van der Waals surface area contributed by atoms with E-state index in [-0.39, 0.29) is 17.7 Å². The lowest BCUT2D eigenvalue weighted by atomic mass is 9.72. The molecule has 3 unspecified atom stereocenters. The third-order valence-electron chi connectivity index (χ3n) is 6.58. The molecule has 4 aliphatic rings. The average Bonchev–Trinajstić information content (AvgIpc) is 3.42. The first-order valence-corrected chi connectivity index (χ1v) is 10.4. The highest BCUT2D eigenvalue weighted by molar-refractivity contribution is 5.95. The number of carbonyl (C=O) groups excluding carboxylic acids is 2. The Kier molecular flexibility index (Phi) is 4.62. The number of nitrogens with one attached hydrogen (secondary N) is 1. The van der Waals surface area contributed by atoms with Crippen molar-refractivity contribution in [2.45, 2.75) is 31.7 Å². The van der Waals surface area contributed by atoms with Gasteiger partial charge in [0.15, 0.2) is 12.1 Å². The van der Waals surface area contributed by atoms with Crippen LogP contribution in [0.4, 0.5) is 0 Å². The van der Waals surface area contributed by atoms with Gasteiger partial charge in [0.05, 0.1) is 0 Å². The number of aryl methyl sites for hydroxylation is 1. The lowest BCUT2D eigenvalue weighted by Crippen LogP contribution is -2.39. The first-order chi connectivity index (χ1) is 14.1. The summed E-state index contributed by atoms with van der Waals surface area (Å²) in [6, 6.07) is 8.07. The summed E-state index contributed by atoms with van der Waals surface area (Å²) in [6.45, 7) is 5.29. The second kappa shape index (κ2) is 7.30. The monoisotopic (exact) mass is 394 g/mol. The predicted octanol–water partition coefficient (Wildman–Crippen LogP) is 2.05. The molecular formula is C22H26N4O3. The number of hydrogen-bond acceptors (Lipinski definition) is 5. The van der Waals surface area contributed by atoms with Crippen molar-refractivity contribution in [1.29, 1.82) is 0 Å².